The highest BCUT2D eigenvalue weighted by Gasteiger charge is 2.05. The van der Waals surface area contributed by atoms with Crippen molar-refractivity contribution in [2.45, 2.75) is 0 Å². The fourth-order valence-electron chi connectivity index (χ4n) is 2.41. The van der Waals surface area contributed by atoms with Crippen LogP contribution in [-0.2, 0) is 0 Å². The van der Waals surface area contributed by atoms with E-state index in [2.05, 4.69) is 39.2 Å². The molecule has 0 aliphatic carbocycles. The number of pyridine rings is 3. The SMILES string of the molecule is c1ccc(-c2cnc3c(ccc4cccnc43)c2)nc1. The van der Waals surface area contributed by atoms with E-state index in [1.54, 1.807) is 12.4 Å². The molecule has 3 heterocycles. The molecule has 1 aromatic carbocycles. The van der Waals surface area contributed by atoms with Crippen LogP contribution in [0.4, 0.5) is 0 Å². The first-order valence-corrected chi connectivity index (χ1v) is 6.47. The predicted octanol–water partition coefficient (Wildman–Crippen LogP) is 3.85. The van der Waals surface area contributed by atoms with Crippen molar-refractivity contribution in [2.24, 2.45) is 0 Å². The van der Waals surface area contributed by atoms with Crippen molar-refractivity contribution in [3.8, 4) is 11.3 Å². The van der Waals surface area contributed by atoms with Crippen molar-refractivity contribution in [1.29, 1.82) is 0 Å². The zero-order valence-corrected chi connectivity index (χ0v) is 10.7. The lowest BCUT2D eigenvalue weighted by molar-refractivity contribution is 1.30. The van der Waals surface area contributed by atoms with Gasteiger partial charge in [-0.1, -0.05) is 24.3 Å². The Morgan fingerprint density at radius 1 is 0.650 bits per heavy atom. The summed E-state index contributed by atoms with van der Waals surface area (Å²) in [5.74, 6) is 0. The highest BCUT2D eigenvalue weighted by molar-refractivity contribution is 6.03. The molecule has 0 bridgehead atoms. The van der Waals surface area contributed by atoms with E-state index in [1.165, 1.54) is 0 Å². The van der Waals surface area contributed by atoms with Crippen LogP contribution in [0.2, 0.25) is 0 Å². The van der Waals surface area contributed by atoms with Gasteiger partial charge in [0.2, 0.25) is 0 Å². The minimum absolute atomic E-state index is 0.933. The first-order chi connectivity index (χ1) is 9.92. The topological polar surface area (TPSA) is 38.7 Å². The summed E-state index contributed by atoms with van der Waals surface area (Å²) >= 11 is 0. The molecule has 3 heteroatoms. The van der Waals surface area contributed by atoms with Crippen molar-refractivity contribution >= 4 is 21.8 Å². The Balaban J connectivity index is 1.99. The van der Waals surface area contributed by atoms with Gasteiger partial charge in [0.05, 0.1) is 16.7 Å². The molecule has 94 valence electrons. The summed E-state index contributed by atoms with van der Waals surface area (Å²) in [5, 5.41) is 2.19. The molecular weight excluding hydrogens is 246 g/mol. The van der Waals surface area contributed by atoms with Gasteiger partial charge in [-0.3, -0.25) is 15.0 Å². The lowest BCUT2D eigenvalue weighted by atomic mass is 10.1. The van der Waals surface area contributed by atoms with Crippen LogP contribution in [0, 0.1) is 0 Å². The smallest absolute Gasteiger partial charge is 0.0965 e. The zero-order chi connectivity index (χ0) is 13.4. The van der Waals surface area contributed by atoms with E-state index in [4.69, 9.17) is 0 Å². The number of aromatic nitrogens is 3. The molecule has 3 nitrogen and oxygen atoms in total. The third-order valence-corrected chi connectivity index (χ3v) is 3.38. The van der Waals surface area contributed by atoms with E-state index < -0.39 is 0 Å². The molecule has 0 aliphatic rings. The lowest BCUT2D eigenvalue weighted by Gasteiger charge is -2.05. The third-order valence-electron chi connectivity index (χ3n) is 3.38. The molecule has 4 aromatic rings. The van der Waals surface area contributed by atoms with Gasteiger partial charge in [-0.25, -0.2) is 0 Å². The van der Waals surface area contributed by atoms with Crippen LogP contribution >= 0.6 is 0 Å². The van der Waals surface area contributed by atoms with Crippen LogP contribution in [0.15, 0.2) is 67.1 Å². The van der Waals surface area contributed by atoms with E-state index in [1.807, 2.05) is 30.5 Å². The molecule has 0 N–H and O–H groups in total. The number of rotatable bonds is 1. The molecule has 0 spiro atoms. The second-order valence-corrected chi connectivity index (χ2v) is 4.65. The standard InChI is InChI=1S/C17H11N3/c1-2-8-18-15(5-1)14-10-13-7-6-12-4-3-9-19-16(12)17(13)20-11-14/h1-11H. The average molecular weight is 257 g/mol. The number of benzene rings is 1. The van der Waals surface area contributed by atoms with Gasteiger partial charge in [-0.2, -0.15) is 0 Å². The van der Waals surface area contributed by atoms with E-state index >= 15 is 0 Å². The zero-order valence-electron chi connectivity index (χ0n) is 10.7. The molecule has 0 fully saturated rings. The molecule has 0 unspecified atom stereocenters. The van der Waals surface area contributed by atoms with Gasteiger partial charge in [0.25, 0.3) is 0 Å². The minimum Gasteiger partial charge on any atom is -0.256 e. The molecule has 4 rings (SSSR count). The molecule has 0 radical (unpaired) electrons. The maximum atomic E-state index is 4.58. The van der Waals surface area contributed by atoms with E-state index in [0.717, 1.165) is 33.1 Å². The highest BCUT2D eigenvalue weighted by Crippen LogP contribution is 2.25. The Labute approximate surface area is 116 Å². The second-order valence-electron chi connectivity index (χ2n) is 4.65. The van der Waals surface area contributed by atoms with E-state index in [0.29, 0.717) is 0 Å². The Kier molecular flexibility index (Phi) is 2.42. The number of hydrogen-bond donors (Lipinski definition) is 0. The van der Waals surface area contributed by atoms with Crippen LogP contribution in [0.5, 0.6) is 0 Å². The van der Waals surface area contributed by atoms with Gasteiger partial charge in [-0.15, -0.1) is 0 Å². The molecule has 3 aromatic heterocycles. The van der Waals surface area contributed by atoms with Gasteiger partial charge >= 0.3 is 0 Å². The summed E-state index contributed by atoms with van der Waals surface area (Å²) in [6.45, 7) is 0. The Morgan fingerprint density at radius 3 is 2.40 bits per heavy atom. The van der Waals surface area contributed by atoms with Gasteiger partial charge < -0.3 is 0 Å². The maximum absolute atomic E-state index is 4.58. The fraction of sp³-hybridized carbons (Fsp3) is 0. The van der Waals surface area contributed by atoms with Crippen molar-refractivity contribution in [1.82, 2.24) is 15.0 Å². The summed E-state index contributed by atoms with van der Waals surface area (Å²) in [6.07, 6.45) is 5.45. The van der Waals surface area contributed by atoms with Crippen LogP contribution in [0.25, 0.3) is 33.1 Å². The Morgan fingerprint density at radius 2 is 1.50 bits per heavy atom. The van der Waals surface area contributed by atoms with Crippen molar-refractivity contribution in [3.63, 3.8) is 0 Å². The third kappa shape index (κ3) is 1.72. The highest BCUT2D eigenvalue weighted by atomic mass is 14.7. The molecule has 0 amide bonds. The number of hydrogen-bond acceptors (Lipinski definition) is 3. The monoisotopic (exact) mass is 257 g/mol. The Hall–Kier alpha value is -2.81. The molecule has 20 heavy (non-hydrogen) atoms. The average Bonchev–Trinajstić information content (AvgIpc) is 2.55. The normalized spacial score (nSPS) is 11.0. The Bertz CT molecular complexity index is 901. The van der Waals surface area contributed by atoms with Crippen LogP contribution in [0.3, 0.4) is 0 Å². The van der Waals surface area contributed by atoms with Gasteiger partial charge in [0.15, 0.2) is 0 Å². The maximum Gasteiger partial charge on any atom is 0.0965 e. The van der Waals surface area contributed by atoms with Crippen LogP contribution < -0.4 is 0 Å². The number of nitrogens with zero attached hydrogens (tertiary/aromatic N) is 3. The van der Waals surface area contributed by atoms with Crippen LogP contribution in [0.1, 0.15) is 0 Å². The largest absolute Gasteiger partial charge is 0.256 e. The fourth-order valence-corrected chi connectivity index (χ4v) is 2.41. The summed E-state index contributed by atoms with van der Waals surface area (Å²) in [6, 6.07) is 16.1. The summed E-state index contributed by atoms with van der Waals surface area (Å²) < 4.78 is 0. The summed E-state index contributed by atoms with van der Waals surface area (Å²) in [5.41, 5.74) is 3.83. The predicted molar refractivity (Wildman–Crippen MR) is 80.3 cm³/mol. The molecule has 0 saturated heterocycles. The first kappa shape index (κ1) is 11.1. The summed E-state index contributed by atoms with van der Waals surface area (Å²) in [7, 11) is 0. The van der Waals surface area contributed by atoms with Gasteiger partial charge in [0.1, 0.15) is 0 Å². The number of fused-ring (bicyclic) bond motifs is 3. The van der Waals surface area contributed by atoms with Crippen molar-refractivity contribution in [3.05, 3.63) is 67.1 Å². The van der Waals surface area contributed by atoms with Crippen LogP contribution in [-0.4, -0.2) is 15.0 Å². The molecular formula is C17H11N3. The quantitative estimate of drug-likeness (QED) is 0.486. The minimum atomic E-state index is 0.933. The van der Waals surface area contributed by atoms with E-state index in [9.17, 15) is 0 Å². The van der Waals surface area contributed by atoms with Gasteiger partial charge in [-0.05, 0) is 24.3 Å². The molecule has 0 saturated carbocycles. The molecule has 0 aliphatic heterocycles. The first-order valence-electron chi connectivity index (χ1n) is 6.47. The summed E-state index contributed by atoms with van der Waals surface area (Å²) in [4.78, 5) is 13.4. The molecule has 0 atom stereocenters. The van der Waals surface area contributed by atoms with Crippen molar-refractivity contribution < 1.29 is 0 Å². The van der Waals surface area contributed by atoms with E-state index in [-0.39, 0.29) is 0 Å². The van der Waals surface area contributed by atoms with Gasteiger partial charge in [0, 0.05) is 34.9 Å². The second kappa shape index (κ2) is 4.38. The lowest BCUT2D eigenvalue weighted by Crippen LogP contribution is -1.88. The van der Waals surface area contributed by atoms with Crippen molar-refractivity contribution in [2.75, 3.05) is 0 Å².